The monoisotopic (exact) mass is 242 g/mol. The first kappa shape index (κ1) is 12.4. The molecule has 1 heterocycles. The third-order valence-electron chi connectivity index (χ3n) is 2.37. The first-order valence-corrected chi connectivity index (χ1v) is 5.94. The summed E-state index contributed by atoms with van der Waals surface area (Å²) in [6.45, 7) is 6.29. The van der Waals surface area contributed by atoms with Crippen LogP contribution in [0.3, 0.4) is 0 Å². The predicted molar refractivity (Wildman–Crippen MR) is 75.1 cm³/mol. The average molecular weight is 242 g/mol. The van der Waals surface area contributed by atoms with Crippen LogP contribution in [0.4, 0.5) is 5.69 Å². The highest BCUT2D eigenvalue weighted by atomic mass is 15.0. The maximum absolute atomic E-state index is 4.35. The van der Waals surface area contributed by atoms with Crippen molar-refractivity contribution in [3.8, 4) is 11.3 Å². The van der Waals surface area contributed by atoms with Crippen molar-refractivity contribution < 1.29 is 0 Å². The molecule has 18 heavy (non-hydrogen) atoms. The molecule has 0 aliphatic heterocycles. The van der Waals surface area contributed by atoms with Gasteiger partial charge in [0.05, 0.1) is 24.0 Å². The highest BCUT2D eigenvalue weighted by Gasteiger charge is 2.05. The summed E-state index contributed by atoms with van der Waals surface area (Å²) >= 11 is 0. The third kappa shape index (κ3) is 3.45. The van der Waals surface area contributed by atoms with Crippen LogP contribution in [-0.4, -0.2) is 21.8 Å². The molecule has 0 saturated carbocycles. The van der Waals surface area contributed by atoms with Gasteiger partial charge < -0.3 is 10.3 Å². The third-order valence-corrected chi connectivity index (χ3v) is 2.37. The zero-order valence-electron chi connectivity index (χ0n) is 10.9. The number of H-pyrrole nitrogens is 1. The fourth-order valence-corrected chi connectivity index (χ4v) is 1.44. The lowest BCUT2D eigenvalue weighted by Gasteiger charge is -2.17. The van der Waals surface area contributed by atoms with Crippen LogP contribution in [0.1, 0.15) is 20.8 Å². The summed E-state index contributed by atoms with van der Waals surface area (Å²) in [6.07, 6.45) is 5.29. The summed E-state index contributed by atoms with van der Waals surface area (Å²) in [7, 11) is 0. The first-order chi connectivity index (χ1) is 8.54. The van der Waals surface area contributed by atoms with E-state index in [-0.39, 0.29) is 5.54 Å². The zero-order chi connectivity index (χ0) is 13.0. The van der Waals surface area contributed by atoms with Gasteiger partial charge in [-0.2, -0.15) is 0 Å². The van der Waals surface area contributed by atoms with Gasteiger partial charge in [-0.05, 0) is 32.9 Å². The molecule has 2 rings (SSSR count). The fourth-order valence-electron chi connectivity index (χ4n) is 1.44. The van der Waals surface area contributed by atoms with E-state index in [0.717, 1.165) is 16.9 Å². The molecule has 2 N–H and O–H groups in total. The van der Waals surface area contributed by atoms with Gasteiger partial charge in [0, 0.05) is 17.3 Å². The topological polar surface area (TPSA) is 53.1 Å². The van der Waals surface area contributed by atoms with E-state index in [1.807, 2.05) is 30.5 Å². The fraction of sp³-hybridized carbons (Fsp3) is 0.286. The van der Waals surface area contributed by atoms with Crippen LogP contribution in [0.15, 0.2) is 41.8 Å². The predicted octanol–water partition coefficient (Wildman–Crippen LogP) is 3.12. The Labute approximate surface area is 107 Å². The van der Waals surface area contributed by atoms with Gasteiger partial charge >= 0.3 is 0 Å². The largest absolute Gasteiger partial charge is 0.371 e. The summed E-state index contributed by atoms with van der Waals surface area (Å²) in [5.74, 6) is 0. The number of aromatic nitrogens is 2. The van der Waals surface area contributed by atoms with Crippen molar-refractivity contribution in [1.29, 1.82) is 0 Å². The van der Waals surface area contributed by atoms with Crippen molar-refractivity contribution >= 4 is 12.0 Å². The first-order valence-electron chi connectivity index (χ1n) is 5.94. The van der Waals surface area contributed by atoms with Crippen LogP contribution in [0, 0.1) is 0 Å². The van der Waals surface area contributed by atoms with Crippen LogP contribution in [0.5, 0.6) is 0 Å². The van der Waals surface area contributed by atoms with Crippen molar-refractivity contribution in [2.75, 3.05) is 0 Å². The summed E-state index contributed by atoms with van der Waals surface area (Å²) < 4.78 is 0. The van der Waals surface area contributed by atoms with Gasteiger partial charge in [-0.1, -0.05) is 12.1 Å². The molecule has 0 fully saturated rings. The normalized spacial score (nSPS) is 11.9. The van der Waals surface area contributed by atoms with Crippen molar-refractivity contribution in [3.05, 3.63) is 36.8 Å². The smallest absolute Gasteiger partial charge is 0.0927 e. The summed E-state index contributed by atoms with van der Waals surface area (Å²) in [5.41, 5.74) is 2.99. The van der Waals surface area contributed by atoms with Crippen molar-refractivity contribution in [1.82, 2.24) is 15.3 Å². The molecule has 1 aromatic heterocycles. The SMILES string of the molecule is CC(C)(C)N/C=N/c1ccc(-c2c[nH]cn2)cc1. The van der Waals surface area contributed by atoms with Gasteiger partial charge in [-0.3, -0.25) is 0 Å². The Bertz CT molecular complexity index is 504. The maximum Gasteiger partial charge on any atom is 0.0927 e. The summed E-state index contributed by atoms with van der Waals surface area (Å²) in [4.78, 5) is 11.5. The minimum Gasteiger partial charge on any atom is -0.371 e. The lowest BCUT2D eigenvalue weighted by molar-refractivity contribution is 0.517. The maximum atomic E-state index is 4.35. The lowest BCUT2D eigenvalue weighted by atomic mass is 10.1. The van der Waals surface area contributed by atoms with Crippen LogP contribution in [0.2, 0.25) is 0 Å². The molecule has 0 bridgehead atoms. The van der Waals surface area contributed by atoms with E-state index in [2.05, 4.69) is 41.0 Å². The molecule has 0 atom stereocenters. The van der Waals surface area contributed by atoms with Gasteiger partial charge in [0.2, 0.25) is 0 Å². The Morgan fingerprint density at radius 3 is 2.50 bits per heavy atom. The highest BCUT2D eigenvalue weighted by molar-refractivity contribution is 5.65. The van der Waals surface area contributed by atoms with Crippen LogP contribution < -0.4 is 5.32 Å². The molecule has 4 nitrogen and oxygen atoms in total. The van der Waals surface area contributed by atoms with Gasteiger partial charge in [-0.25, -0.2) is 9.98 Å². The van der Waals surface area contributed by atoms with Gasteiger partial charge in [-0.15, -0.1) is 0 Å². The number of rotatable bonds is 3. The Morgan fingerprint density at radius 2 is 1.94 bits per heavy atom. The second-order valence-corrected chi connectivity index (χ2v) is 5.15. The molecule has 0 amide bonds. The molecule has 2 aromatic rings. The Hall–Kier alpha value is -2.10. The van der Waals surface area contributed by atoms with E-state index in [0.29, 0.717) is 0 Å². The quantitative estimate of drug-likeness (QED) is 0.641. The number of nitrogens with zero attached hydrogens (tertiary/aromatic N) is 2. The average Bonchev–Trinajstić information content (AvgIpc) is 2.82. The lowest BCUT2D eigenvalue weighted by Crippen LogP contribution is -2.34. The van der Waals surface area contributed by atoms with Gasteiger partial charge in [0.25, 0.3) is 0 Å². The number of nitrogens with one attached hydrogen (secondary N) is 2. The summed E-state index contributed by atoms with van der Waals surface area (Å²) in [6, 6.07) is 7.98. The van der Waals surface area contributed by atoms with Crippen LogP contribution in [-0.2, 0) is 0 Å². The van der Waals surface area contributed by atoms with E-state index in [1.165, 1.54) is 0 Å². The van der Waals surface area contributed by atoms with Gasteiger partial charge in [0.1, 0.15) is 0 Å². The molecular weight excluding hydrogens is 224 g/mol. The molecule has 94 valence electrons. The molecule has 0 saturated heterocycles. The van der Waals surface area contributed by atoms with E-state index in [1.54, 1.807) is 12.7 Å². The van der Waals surface area contributed by atoms with Crippen LogP contribution in [0.25, 0.3) is 11.3 Å². The minimum absolute atomic E-state index is 0.0402. The molecular formula is C14H18N4. The van der Waals surface area contributed by atoms with E-state index in [4.69, 9.17) is 0 Å². The Morgan fingerprint density at radius 1 is 1.22 bits per heavy atom. The Kier molecular flexibility index (Phi) is 3.46. The zero-order valence-corrected chi connectivity index (χ0v) is 10.9. The Balaban J connectivity index is 2.04. The second-order valence-electron chi connectivity index (χ2n) is 5.15. The number of aliphatic imine (C=N–C) groups is 1. The molecule has 0 unspecified atom stereocenters. The number of hydrogen-bond donors (Lipinski definition) is 2. The number of aromatic amines is 1. The van der Waals surface area contributed by atoms with Crippen molar-refractivity contribution in [2.45, 2.75) is 26.3 Å². The van der Waals surface area contributed by atoms with Crippen molar-refractivity contribution in [3.63, 3.8) is 0 Å². The van der Waals surface area contributed by atoms with E-state index >= 15 is 0 Å². The van der Waals surface area contributed by atoms with Crippen molar-refractivity contribution in [2.24, 2.45) is 4.99 Å². The van der Waals surface area contributed by atoms with E-state index in [9.17, 15) is 0 Å². The molecule has 0 aliphatic rings. The molecule has 0 radical (unpaired) electrons. The summed E-state index contributed by atoms with van der Waals surface area (Å²) in [5, 5.41) is 3.20. The minimum atomic E-state index is 0.0402. The number of benzene rings is 1. The standard InChI is InChI=1S/C14H18N4/c1-14(2,3)18-10-16-12-6-4-11(5-7-12)13-8-15-9-17-13/h4-10H,1-3H3,(H,15,17)(H,16,18). The van der Waals surface area contributed by atoms with E-state index < -0.39 is 0 Å². The second kappa shape index (κ2) is 5.04. The molecule has 0 aliphatic carbocycles. The molecule has 4 heteroatoms. The highest BCUT2D eigenvalue weighted by Crippen LogP contribution is 2.19. The van der Waals surface area contributed by atoms with Gasteiger partial charge in [0.15, 0.2) is 0 Å². The number of imidazole rings is 1. The molecule has 1 aromatic carbocycles. The molecule has 0 spiro atoms. The number of hydrogen-bond acceptors (Lipinski definition) is 2. The van der Waals surface area contributed by atoms with Crippen LogP contribution >= 0.6 is 0 Å².